The van der Waals surface area contributed by atoms with Gasteiger partial charge in [-0.25, -0.2) is 0 Å². The third-order valence-electron chi connectivity index (χ3n) is 3.78. The lowest BCUT2D eigenvalue weighted by atomic mass is 10.2. The monoisotopic (exact) mass is 383 g/mol. The van der Waals surface area contributed by atoms with E-state index in [1.54, 1.807) is 37.6 Å². The molecule has 0 saturated heterocycles. The molecule has 0 atom stereocenters. The zero-order valence-corrected chi connectivity index (χ0v) is 15.6. The SMILES string of the molecule is COc1cc(Nc2ccnc(C(=O)Nc3ccccc3)c2)c(OC)cc1Cl. The molecule has 3 rings (SSSR count). The number of carbonyl (C=O) groups excluding carboxylic acids is 1. The maximum Gasteiger partial charge on any atom is 0.274 e. The number of nitrogens with zero attached hydrogens (tertiary/aromatic N) is 1. The summed E-state index contributed by atoms with van der Waals surface area (Å²) < 4.78 is 10.6. The van der Waals surface area contributed by atoms with Gasteiger partial charge in [-0.05, 0) is 24.3 Å². The van der Waals surface area contributed by atoms with Gasteiger partial charge >= 0.3 is 0 Å². The van der Waals surface area contributed by atoms with Gasteiger partial charge in [0.05, 0.1) is 24.9 Å². The highest BCUT2D eigenvalue weighted by Gasteiger charge is 2.12. The lowest BCUT2D eigenvalue weighted by molar-refractivity contribution is 0.102. The molecule has 6 nitrogen and oxygen atoms in total. The van der Waals surface area contributed by atoms with Crippen LogP contribution in [0.3, 0.4) is 0 Å². The lowest BCUT2D eigenvalue weighted by Crippen LogP contribution is -2.13. The number of pyridine rings is 1. The van der Waals surface area contributed by atoms with Gasteiger partial charge in [-0.15, -0.1) is 0 Å². The Morgan fingerprint density at radius 2 is 1.70 bits per heavy atom. The van der Waals surface area contributed by atoms with Gasteiger partial charge in [0.25, 0.3) is 5.91 Å². The van der Waals surface area contributed by atoms with E-state index in [0.717, 1.165) is 0 Å². The van der Waals surface area contributed by atoms with E-state index in [2.05, 4.69) is 15.6 Å². The Labute approximate surface area is 162 Å². The van der Waals surface area contributed by atoms with Gasteiger partial charge in [-0.1, -0.05) is 29.8 Å². The van der Waals surface area contributed by atoms with Crippen molar-refractivity contribution in [3.05, 3.63) is 71.5 Å². The highest BCUT2D eigenvalue weighted by molar-refractivity contribution is 6.32. The first-order valence-corrected chi connectivity index (χ1v) is 8.49. The van der Waals surface area contributed by atoms with Gasteiger partial charge in [0.1, 0.15) is 17.2 Å². The van der Waals surface area contributed by atoms with Crippen LogP contribution < -0.4 is 20.1 Å². The van der Waals surface area contributed by atoms with Crippen LogP contribution in [0.5, 0.6) is 11.5 Å². The number of benzene rings is 2. The van der Waals surface area contributed by atoms with Crippen LogP contribution in [0.15, 0.2) is 60.8 Å². The first kappa shape index (κ1) is 18.5. The Balaban J connectivity index is 1.83. The summed E-state index contributed by atoms with van der Waals surface area (Å²) in [7, 11) is 3.09. The highest BCUT2D eigenvalue weighted by atomic mass is 35.5. The second kappa shape index (κ2) is 8.42. The molecule has 0 unspecified atom stereocenters. The molecule has 0 aliphatic heterocycles. The predicted molar refractivity (Wildman–Crippen MR) is 106 cm³/mol. The average molecular weight is 384 g/mol. The molecule has 1 amide bonds. The molecular weight excluding hydrogens is 366 g/mol. The van der Waals surface area contributed by atoms with Crippen LogP contribution in [0.25, 0.3) is 0 Å². The molecule has 0 bridgehead atoms. The van der Waals surface area contributed by atoms with Crippen molar-refractivity contribution in [3.8, 4) is 11.5 Å². The van der Waals surface area contributed by atoms with Gasteiger partial charge in [-0.3, -0.25) is 9.78 Å². The number of carbonyl (C=O) groups is 1. The zero-order valence-electron chi connectivity index (χ0n) is 14.8. The van der Waals surface area contributed by atoms with E-state index in [1.807, 2.05) is 30.3 Å². The minimum Gasteiger partial charge on any atom is -0.495 e. The van der Waals surface area contributed by atoms with E-state index in [0.29, 0.717) is 33.6 Å². The molecule has 138 valence electrons. The predicted octanol–water partition coefficient (Wildman–Crippen LogP) is 4.75. The van der Waals surface area contributed by atoms with Gasteiger partial charge < -0.3 is 20.1 Å². The van der Waals surface area contributed by atoms with E-state index in [-0.39, 0.29) is 11.6 Å². The molecule has 27 heavy (non-hydrogen) atoms. The number of amides is 1. The summed E-state index contributed by atoms with van der Waals surface area (Å²) in [5.41, 5.74) is 2.31. The quantitative estimate of drug-likeness (QED) is 0.642. The van der Waals surface area contributed by atoms with Gasteiger partial charge in [-0.2, -0.15) is 0 Å². The van der Waals surface area contributed by atoms with Crippen molar-refractivity contribution in [3.63, 3.8) is 0 Å². The summed E-state index contributed by atoms with van der Waals surface area (Å²) in [6.07, 6.45) is 1.56. The van der Waals surface area contributed by atoms with Crippen LogP contribution in [0.1, 0.15) is 10.5 Å². The minimum atomic E-state index is -0.300. The number of nitrogens with one attached hydrogen (secondary N) is 2. The lowest BCUT2D eigenvalue weighted by Gasteiger charge is -2.14. The number of ether oxygens (including phenoxy) is 2. The summed E-state index contributed by atoms with van der Waals surface area (Å²) in [5, 5.41) is 6.45. The molecule has 1 heterocycles. The number of para-hydroxylation sites is 1. The Morgan fingerprint density at radius 1 is 0.963 bits per heavy atom. The van der Waals surface area contributed by atoms with Gasteiger partial charge in [0, 0.05) is 29.7 Å². The van der Waals surface area contributed by atoms with Crippen LogP contribution in [-0.4, -0.2) is 25.1 Å². The number of halogens is 1. The summed E-state index contributed by atoms with van der Waals surface area (Å²) in [6, 6.07) is 16.0. The van der Waals surface area contributed by atoms with Crippen LogP contribution in [0.2, 0.25) is 5.02 Å². The van der Waals surface area contributed by atoms with E-state index in [4.69, 9.17) is 21.1 Å². The van der Waals surface area contributed by atoms with Gasteiger partial charge in [0.15, 0.2) is 0 Å². The molecule has 0 aliphatic carbocycles. The summed E-state index contributed by atoms with van der Waals surface area (Å²) in [4.78, 5) is 16.6. The Bertz CT molecular complexity index is 948. The molecular formula is C20H18ClN3O3. The molecule has 0 spiro atoms. The fraction of sp³-hybridized carbons (Fsp3) is 0.100. The first-order chi connectivity index (χ1) is 13.1. The average Bonchev–Trinajstić information content (AvgIpc) is 2.70. The number of hydrogen-bond acceptors (Lipinski definition) is 5. The second-order valence-electron chi connectivity index (χ2n) is 5.56. The molecule has 7 heteroatoms. The Kier molecular flexibility index (Phi) is 5.78. The third-order valence-corrected chi connectivity index (χ3v) is 4.07. The largest absolute Gasteiger partial charge is 0.495 e. The molecule has 3 aromatic rings. The van der Waals surface area contributed by atoms with Crippen molar-refractivity contribution >= 4 is 34.6 Å². The third kappa shape index (κ3) is 4.48. The van der Waals surface area contributed by atoms with Crippen LogP contribution >= 0.6 is 11.6 Å². The fourth-order valence-electron chi connectivity index (χ4n) is 2.46. The molecule has 2 N–H and O–H groups in total. The standard InChI is InChI=1S/C20H18ClN3O3/c1-26-18-12-16(19(27-2)11-15(18)21)23-14-8-9-22-17(10-14)20(25)24-13-6-4-3-5-7-13/h3-12H,1-2H3,(H,22,23)(H,24,25). The molecule has 0 fully saturated rings. The highest BCUT2D eigenvalue weighted by Crippen LogP contribution is 2.37. The van der Waals surface area contributed by atoms with Crippen molar-refractivity contribution in [2.75, 3.05) is 24.9 Å². The smallest absolute Gasteiger partial charge is 0.274 e. The van der Waals surface area contributed by atoms with Crippen LogP contribution in [0.4, 0.5) is 17.1 Å². The van der Waals surface area contributed by atoms with Crippen molar-refractivity contribution < 1.29 is 14.3 Å². The molecule has 2 aromatic carbocycles. The number of aromatic nitrogens is 1. The minimum absolute atomic E-state index is 0.281. The van der Waals surface area contributed by atoms with Crippen LogP contribution in [-0.2, 0) is 0 Å². The number of anilines is 3. The summed E-state index contributed by atoms with van der Waals surface area (Å²) in [6.45, 7) is 0. The normalized spacial score (nSPS) is 10.2. The van der Waals surface area contributed by atoms with E-state index in [1.165, 1.54) is 7.11 Å². The zero-order chi connectivity index (χ0) is 19.2. The van der Waals surface area contributed by atoms with Crippen molar-refractivity contribution in [1.82, 2.24) is 4.98 Å². The number of methoxy groups -OCH3 is 2. The molecule has 0 radical (unpaired) electrons. The van der Waals surface area contributed by atoms with Crippen molar-refractivity contribution in [2.45, 2.75) is 0 Å². The molecule has 0 saturated carbocycles. The van der Waals surface area contributed by atoms with E-state index < -0.39 is 0 Å². The Hall–Kier alpha value is -3.25. The van der Waals surface area contributed by atoms with E-state index in [9.17, 15) is 4.79 Å². The molecule has 1 aromatic heterocycles. The van der Waals surface area contributed by atoms with Gasteiger partial charge in [0.2, 0.25) is 0 Å². The van der Waals surface area contributed by atoms with Crippen molar-refractivity contribution in [1.29, 1.82) is 0 Å². The number of rotatable bonds is 6. The van der Waals surface area contributed by atoms with Crippen molar-refractivity contribution in [2.24, 2.45) is 0 Å². The first-order valence-electron chi connectivity index (χ1n) is 8.11. The van der Waals surface area contributed by atoms with Crippen LogP contribution in [0, 0.1) is 0 Å². The fourth-order valence-corrected chi connectivity index (χ4v) is 2.69. The topological polar surface area (TPSA) is 72.5 Å². The maximum absolute atomic E-state index is 12.4. The molecule has 0 aliphatic rings. The maximum atomic E-state index is 12.4. The second-order valence-corrected chi connectivity index (χ2v) is 5.97. The number of hydrogen-bond donors (Lipinski definition) is 2. The van der Waals surface area contributed by atoms with E-state index >= 15 is 0 Å². The summed E-state index contributed by atoms with van der Waals surface area (Å²) >= 11 is 6.13. The Morgan fingerprint density at radius 3 is 2.41 bits per heavy atom. The summed E-state index contributed by atoms with van der Waals surface area (Å²) in [5.74, 6) is 0.759.